The first-order chi connectivity index (χ1) is 9.24. The summed E-state index contributed by atoms with van der Waals surface area (Å²) in [5.41, 5.74) is 0. The van der Waals surface area contributed by atoms with Crippen LogP contribution in [-0.2, 0) is 4.79 Å². The molecule has 0 fully saturated rings. The zero-order valence-corrected chi connectivity index (χ0v) is 12.1. The SMILES string of the molecule is CCCCNC(=O)C(C)n1ccnc1-c1cccs1. The van der Waals surface area contributed by atoms with Gasteiger partial charge in [-0.3, -0.25) is 4.79 Å². The van der Waals surface area contributed by atoms with Gasteiger partial charge in [0.2, 0.25) is 5.91 Å². The number of carbonyl (C=O) groups is 1. The minimum atomic E-state index is -0.239. The van der Waals surface area contributed by atoms with Gasteiger partial charge in [-0.15, -0.1) is 11.3 Å². The largest absolute Gasteiger partial charge is 0.354 e. The van der Waals surface area contributed by atoms with Crippen molar-refractivity contribution in [3.8, 4) is 10.7 Å². The number of hydrogen-bond acceptors (Lipinski definition) is 3. The summed E-state index contributed by atoms with van der Waals surface area (Å²) >= 11 is 1.63. The van der Waals surface area contributed by atoms with Crippen molar-refractivity contribution in [3.05, 3.63) is 29.9 Å². The highest BCUT2D eigenvalue weighted by molar-refractivity contribution is 7.13. The second-order valence-electron chi connectivity index (χ2n) is 4.46. The van der Waals surface area contributed by atoms with Crippen molar-refractivity contribution in [2.45, 2.75) is 32.7 Å². The van der Waals surface area contributed by atoms with Gasteiger partial charge in [-0.05, 0) is 24.8 Å². The lowest BCUT2D eigenvalue weighted by Gasteiger charge is -2.15. The van der Waals surface area contributed by atoms with Gasteiger partial charge in [-0.2, -0.15) is 0 Å². The van der Waals surface area contributed by atoms with Crippen molar-refractivity contribution in [1.82, 2.24) is 14.9 Å². The Morgan fingerprint density at radius 2 is 2.42 bits per heavy atom. The van der Waals surface area contributed by atoms with E-state index in [4.69, 9.17) is 0 Å². The third kappa shape index (κ3) is 3.23. The molecule has 1 atom stereocenters. The van der Waals surface area contributed by atoms with Crippen molar-refractivity contribution in [1.29, 1.82) is 0 Å². The Morgan fingerprint density at radius 3 is 3.11 bits per heavy atom. The zero-order chi connectivity index (χ0) is 13.7. The van der Waals surface area contributed by atoms with Crippen LogP contribution >= 0.6 is 11.3 Å². The molecule has 0 radical (unpaired) electrons. The predicted molar refractivity (Wildman–Crippen MR) is 78.2 cm³/mol. The van der Waals surface area contributed by atoms with Gasteiger partial charge < -0.3 is 9.88 Å². The van der Waals surface area contributed by atoms with Crippen molar-refractivity contribution in [2.24, 2.45) is 0 Å². The Labute approximate surface area is 117 Å². The number of rotatable bonds is 6. The molecule has 0 aliphatic heterocycles. The van der Waals surface area contributed by atoms with Crippen molar-refractivity contribution in [2.75, 3.05) is 6.54 Å². The van der Waals surface area contributed by atoms with Crippen molar-refractivity contribution >= 4 is 17.2 Å². The number of amides is 1. The monoisotopic (exact) mass is 277 g/mol. The summed E-state index contributed by atoms with van der Waals surface area (Å²) < 4.78 is 1.92. The smallest absolute Gasteiger partial charge is 0.242 e. The van der Waals surface area contributed by atoms with Gasteiger partial charge in [0.25, 0.3) is 0 Å². The number of nitrogens with one attached hydrogen (secondary N) is 1. The van der Waals surface area contributed by atoms with E-state index in [1.165, 1.54) is 0 Å². The fourth-order valence-electron chi connectivity index (χ4n) is 1.88. The molecule has 2 aromatic heterocycles. The van der Waals surface area contributed by atoms with Crippen LogP contribution < -0.4 is 5.32 Å². The second kappa shape index (κ2) is 6.52. The lowest BCUT2D eigenvalue weighted by molar-refractivity contribution is -0.123. The summed E-state index contributed by atoms with van der Waals surface area (Å²) in [6, 6.07) is 3.77. The van der Waals surface area contributed by atoms with E-state index in [2.05, 4.69) is 17.2 Å². The summed E-state index contributed by atoms with van der Waals surface area (Å²) in [6.07, 6.45) is 5.70. The fraction of sp³-hybridized carbons (Fsp3) is 0.429. The van der Waals surface area contributed by atoms with Crippen LogP contribution in [0.15, 0.2) is 29.9 Å². The van der Waals surface area contributed by atoms with E-state index in [9.17, 15) is 4.79 Å². The Kier molecular flexibility index (Phi) is 4.74. The van der Waals surface area contributed by atoms with Crippen LogP contribution in [0.4, 0.5) is 0 Å². The third-order valence-corrected chi connectivity index (χ3v) is 3.90. The van der Waals surface area contributed by atoms with Gasteiger partial charge in [0, 0.05) is 18.9 Å². The van der Waals surface area contributed by atoms with Crippen LogP contribution in [0.2, 0.25) is 0 Å². The Hall–Kier alpha value is -1.62. The van der Waals surface area contributed by atoms with Gasteiger partial charge in [0.15, 0.2) is 5.82 Å². The molecular weight excluding hydrogens is 258 g/mol. The predicted octanol–water partition coefficient (Wildman–Crippen LogP) is 3.09. The normalized spacial score (nSPS) is 12.3. The number of hydrogen-bond donors (Lipinski definition) is 1. The second-order valence-corrected chi connectivity index (χ2v) is 5.40. The van der Waals surface area contributed by atoms with Crippen LogP contribution in [0.5, 0.6) is 0 Å². The Morgan fingerprint density at radius 1 is 1.58 bits per heavy atom. The van der Waals surface area contributed by atoms with Crippen LogP contribution in [-0.4, -0.2) is 22.0 Å². The Bertz CT molecular complexity index is 519. The Balaban J connectivity index is 2.09. The summed E-state index contributed by atoms with van der Waals surface area (Å²) in [5.74, 6) is 0.900. The zero-order valence-electron chi connectivity index (χ0n) is 11.3. The van der Waals surface area contributed by atoms with Crippen LogP contribution in [0, 0.1) is 0 Å². The molecule has 102 valence electrons. The van der Waals surface area contributed by atoms with Gasteiger partial charge in [0.1, 0.15) is 6.04 Å². The summed E-state index contributed by atoms with van der Waals surface area (Å²) in [5, 5.41) is 4.97. The maximum atomic E-state index is 12.1. The van der Waals surface area contributed by atoms with Crippen LogP contribution in [0.3, 0.4) is 0 Å². The lowest BCUT2D eigenvalue weighted by Crippen LogP contribution is -2.31. The molecule has 0 saturated carbocycles. The third-order valence-electron chi connectivity index (χ3n) is 3.04. The van der Waals surface area contributed by atoms with Gasteiger partial charge >= 0.3 is 0 Å². The van der Waals surface area contributed by atoms with E-state index in [1.807, 2.05) is 35.2 Å². The highest BCUT2D eigenvalue weighted by Gasteiger charge is 2.18. The van der Waals surface area contributed by atoms with Crippen molar-refractivity contribution in [3.63, 3.8) is 0 Å². The molecule has 0 aromatic carbocycles. The molecule has 0 aliphatic rings. The quantitative estimate of drug-likeness (QED) is 0.825. The molecule has 5 heteroatoms. The van der Waals surface area contributed by atoms with Gasteiger partial charge in [-0.25, -0.2) is 4.98 Å². The molecular formula is C14H19N3OS. The minimum absolute atomic E-state index is 0.0456. The summed E-state index contributed by atoms with van der Waals surface area (Å²) in [4.78, 5) is 17.5. The first-order valence-electron chi connectivity index (χ1n) is 6.58. The van der Waals surface area contributed by atoms with E-state index in [1.54, 1.807) is 17.5 Å². The highest BCUT2D eigenvalue weighted by atomic mass is 32.1. The lowest BCUT2D eigenvalue weighted by atomic mass is 10.2. The summed E-state index contributed by atoms with van der Waals surface area (Å²) in [6.45, 7) is 4.75. The maximum Gasteiger partial charge on any atom is 0.242 e. The van der Waals surface area contributed by atoms with Crippen molar-refractivity contribution < 1.29 is 4.79 Å². The van der Waals surface area contributed by atoms with E-state index >= 15 is 0 Å². The topological polar surface area (TPSA) is 46.9 Å². The molecule has 2 heterocycles. The molecule has 4 nitrogen and oxygen atoms in total. The molecule has 0 aliphatic carbocycles. The first kappa shape index (κ1) is 13.8. The number of imidazole rings is 1. The molecule has 2 aromatic rings. The summed E-state index contributed by atoms with van der Waals surface area (Å²) in [7, 11) is 0. The molecule has 0 bridgehead atoms. The fourth-order valence-corrected chi connectivity index (χ4v) is 2.61. The average molecular weight is 277 g/mol. The molecule has 1 amide bonds. The molecule has 0 saturated heterocycles. The van der Waals surface area contributed by atoms with Gasteiger partial charge in [0.05, 0.1) is 4.88 Å². The molecule has 2 rings (SSSR count). The highest BCUT2D eigenvalue weighted by Crippen LogP contribution is 2.25. The van der Waals surface area contributed by atoms with Crippen LogP contribution in [0.1, 0.15) is 32.7 Å². The minimum Gasteiger partial charge on any atom is -0.354 e. The first-order valence-corrected chi connectivity index (χ1v) is 7.46. The number of nitrogens with zero attached hydrogens (tertiary/aromatic N) is 2. The maximum absolute atomic E-state index is 12.1. The van der Waals surface area contributed by atoms with E-state index < -0.39 is 0 Å². The number of carbonyl (C=O) groups excluding carboxylic acids is 1. The standard InChI is InChI=1S/C14H19N3OS/c1-3-4-7-16-14(18)11(2)17-9-8-15-13(17)12-6-5-10-19-12/h5-6,8-11H,3-4,7H2,1-2H3,(H,16,18). The molecule has 19 heavy (non-hydrogen) atoms. The number of thiophene rings is 1. The van der Waals surface area contributed by atoms with E-state index in [0.717, 1.165) is 30.1 Å². The number of unbranched alkanes of at least 4 members (excludes halogenated alkanes) is 1. The van der Waals surface area contributed by atoms with E-state index in [0.29, 0.717) is 0 Å². The molecule has 1 N–H and O–H groups in total. The molecule has 0 spiro atoms. The van der Waals surface area contributed by atoms with Crippen LogP contribution in [0.25, 0.3) is 10.7 Å². The molecule has 1 unspecified atom stereocenters. The van der Waals surface area contributed by atoms with E-state index in [-0.39, 0.29) is 11.9 Å². The number of aromatic nitrogens is 2. The average Bonchev–Trinajstić information content (AvgIpc) is 3.08. The van der Waals surface area contributed by atoms with Gasteiger partial charge in [-0.1, -0.05) is 19.4 Å².